The minimum atomic E-state index is 0. The fourth-order valence-corrected chi connectivity index (χ4v) is 1.21. The Hall–Kier alpha value is 3.27. The summed E-state index contributed by atoms with van der Waals surface area (Å²) >= 11 is 10.7. The third kappa shape index (κ3) is 6.44. The van der Waals surface area contributed by atoms with E-state index in [9.17, 15) is 0 Å². The third-order valence-electron chi connectivity index (χ3n) is 0.452. The van der Waals surface area contributed by atoms with Crippen LogP contribution in [0.2, 0.25) is 0 Å². The second-order valence-electron chi connectivity index (χ2n) is 0.946. The first-order chi connectivity index (χ1) is 3.29. The summed E-state index contributed by atoms with van der Waals surface area (Å²) in [7, 11) is 0. The average Bonchev–Trinajstić information content (AvgIpc) is 1.87. The molecule has 2 nitrogen and oxygen atoms in total. The molecule has 0 unspecified atom stereocenters. The van der Waals surface area contributed by atoms with E-state index < -0.39 is 0 Å². The van der Waals surface area contributed by atoms with Crippen molar-refractivity contribution >= 4 is 36.0 Å². The zero-order valence-electron chi connectivity index (χ0n) is 7.22. The first-order valence-electron chi connectivity index (χ1n) is 1.57. The molecule has 2 N–H and O–H groups in total. The SMILES string of the molecule is S=c1[nH]sc(=S)[nH]1.[H-].[H-].[K+].[K+]. The summed E-state index contributed by atoms with van der Waals surface area (Å²) in [5, 5.41) is 0. The molecule has 0 saturated carbocycles. The first-order valence-corrected chi connectivity index (χ1v) is 3.20. The van der Waals surface area contributed by atoms with Crippen LogP contribution in [0.4, 0.5) is 0 Å². The van der Waals surface area contributed by atoms with Gasteiger partial charge in [0.2, 0.25) is 0 Å². The van der Waals surface area contributed by atoms with E-state index in [2.05, 4.69) is 21.6 Å². The van der Waals surface area contributed by atoms with Crippen molar-refractivity contribution in [3.8, 4) is 0 Å². The monoisotopic (exact) mass is 230 g/mol. The Morgan fingerprint density at radius 1 is 1.33 bits per heavy atom. The number of rotatable bonds is 0. The number of H-pyrrole nitrogens is 2. The number of aromatic nitrogens is 2. The van der Waals surface area contributed by atoms with Crippen molar-refractivity contribution in [2.24, 2.45) is 0 Å². The van der Waals surface area contributed by atoms with Crippen molar-refractivity contribution < 1.29 is 106 Å². The Morgan fingerprint density at radius 3 is 2.00 bits per heavy atom. The predicted molar refractivity (Wildman–Crippen MR) is 36.9 cm³/mol. The van der Waals surface area contributed by atoms with Crippen molar-refractivity contribution in [2.75, 3.05) is 0 Å². The molecule has 0 aliphatic carbocycles. The molecule has 7 heteroatoms. The Kier molecular flexibility index (Phi) is 13.0. The van der Waals surface area contributed by atoms with Crippen LogP contribution in [0.5, 0.6) is 0 Å². The molecule has 0 spiro atoms. The van der Waals surface area contributed by atoms with Gasteiger partial charge in [0.1, 0.15) is 0 Å². The molecule has 0 fully saturated rings. The van der Waals surface area contributed by atoms with E-state index in [-0.39, 0.29) is 106 Å². The van der Waals surface area contributed by atoms with E-state index in [1.54, 1.807) is 0 Å². The minimum Gasteiger partial charge on any atom is -1.00 e. The maximum Gasteiger partial charge on any atom is 1.00 e. The second kappa shape index (κ2) is 7.90. The van der Waals surface area contributed by atoms with E-state index in [0.717, 1.165) is 0 Å². The van der Waals surface area contributed by atoms with Gasteiger partial charge in [0.05, 0.1) is 0 Å². The summed E-state index contributed by atoms with van der Waals surface area (Å²) < 4.78 is 4.07. The van der Waals surface area contributed by atoms with E-state index in [1.165, 1.54) is 11.5 Å². The van der Waals surface area contributed by atoms with Crippen LogP contribution in [-0.2, 0) is 0 Å². The average molecular weight is 230 g/mol. The summed E-state index contributed by atoms with van der Waals surface area (Å²) in [5.74, 6) is 0. The zero-order chi connectivity index (χ0) is 5.28. The first kappa shape index (κ1) is 14.8. The molecule has 0 amide bonds. The summed E-state index contributed by atoms with van der Waals surface area (Å²) in [6.07, 6.45) is 0. The smallest absolute Gasteiger partial charge is 1.00 e. The molecule has 1 heterocycles. The van der Waals surface area contributed by atoms with Crippen molar-refractivity contribution in [1.82, 2.24) is 9.36 Å². The van der Waals surface area contributed by atoms with Gasteiger partial charge in [-0.25, -0.2) is 0 Å². The van der Waals surface area contributed by atoms with Crippen molar-refractivity contribution in [3.05, 3.63) is 8.73 Å². The molecule has 0 bridgehead atoms. The molecule has 0 saturated heterocycles. The molecule has 42 valence electrons. The van der Waals surface area contributed by atoms with Crippen LogP contribution in [-0.4, -0.2) is 9.36 Å². The topological polar surface area (TPSA) is 31.6 Å². The van der Waals surface area contributed by atoms with Gasteiger partial charge in [-0.2, -0.15) is 0 Å². The molecule has 0 aliphatic heterocycles. The zero-order valence-corrected chi connectivity index (χ0v) is 13.9. The molecule has 9 heavy (non-hydrogen) atoms. The maximum absolute atomic E-state index is 4.70. The van der Waals surface area contributed by atoms with Gasteiger partial charge < -0.3 is 7.84 Å². The fraction of sp³-hybridized carbons (Fsp3) is 0. The third-order valence-corrected chi connectivity index (χ3v) is 1.73. The largest absolute Gasteiger partial charge is 1.00 e. The molecular weight excluding hydrogens is 226 g/mol. The van der Waals surface area contributed by atoms with Crippen LogP contribution >= 0.6 is 36.0 Å². The fourth-order valence-electron chi connectivity index (χ4n) is 0.236. The van der Waals surface area contributed by atoms with Gasteiger partial charge in [0.15, 0.2) is 8.73 Å². The van der Waals surface area contributed by atoms with Crippen LogP contribution < -0.4 is 103 Å². The van der Waals surface area contributed by atoms with E-state index in [0.29, 0.717) is 8.73 Å². The van der Waals surface area contributed by atoms with Crippen molar-refractivity contribution in [1.29, 1.82) is 0 Å². The normalized spacial score (nSPS) is 7.11. The molecule has 0 radical (unpaired) electrons. The Morgan fingerprint density at radius 2 is 1.89 bits per heavy atom. The van der Waals surface area contributed by atoms with Crippen LogP contribution in [0.15, 0.2) is 0 Å². The second-order valence-corrected chi connectivity index (χ2v) is 2.84. The maximum atomic E-state index is 4.70. The molecule has 0 atom stereocenters. The number of hydrogen-bond donors (Lipinski definition) is 2. The summed E-state index contributed by atoms with van der Waals surface area (Å²) in [6.45, 7) is 0. The van der Waals surface area contributed by atoms with Gasteiger partial charge in [-0.15, -0.1) is 0 Å². The van der Waals surface area contributed by atoms with Gasteiger partial charge in [0.25, 0.3) is 0 Å². The van der Waals surface area contributed by atoms with E-state index >= 15 is 0 Å². The van der Waals surface area contributed by atoms with Gasteiger partial charge in [0, 0.05) is 0 Å². The predicted octanol–water partition coefficient (Wildman–Crippen LogP) is -3.90. The molecule has 0 aliphatic rings. The Balaban J connectivity index is -0.0000000612. The summed E-state index contributed by atoms with van der Waals surface area (Å²) in [5.41, 5.74) is 0. The van der Waals surface area contributed by atoms with Gasteiger partial charge in [-0.1, -0.05) is 0 Å². The number of hydrogen-bond acceptors (Lipinski definition) is 3. The molecule has 1 aromatic heterocycles. The van der Waals surface area contributed by atoms with Crippen LogP contribution in [0.1, 0.15) is 2.85 Å². The van der Waals surface area contributed by atoms with Gasteiger partial charge >= 0.3 is 103 Å². The van der Waals surface area contributed by atoms with Crippen LogP contribution in [0.3, 0.4) is 0 Å². The van der Waals surface area contributed by atoms with Crippen LogP contribution in [0, 0.1) is 8.73 Å². The minimum absolute atomic E-state index is 0. The molecule has 0 aromatic carbocycles. The molecule has 1 rings (SSSR count). The summed E-state index contributed by atoms with van der Waals surface area (Å²) in [6, 6.07) is 0. The van der Waals surface area contributed by atoms with E-state index in [1.807, 2.05) is 0 Å². The van der Waals surface area contributed by atoms with Crippen LogP contribution in [0.25, 0.3) is 0 Å². The van der Waals surface area contributed by atoms with Crippen molar-refractivity contribution in [2.45, 2.75) is 0 Å². The van der Waals surface area contributed by atoms with E-state index in [4.69, 9.17) is 12.2 Å². The Labute approximate surface area is 155 Å². The number of nitrogens with one attached hydrogen (secondary N) is 2. The Bertz CT molecular complexity index is 230. The quantitative estimate of drug-likeness (QED) is 0.353. The van der Waals surface area contributed by atoms with Crippen molar-refractivity contribution in [3.63, 3.8) is 0 Å². The molecule has 1 aromatic rings. The van der Waals surface area contributed by atoms with Gasteiger partial charge in [-0.3, -0.25) is 4.37 Å². The standard InChI is InChI=1S/C2H2N2S3.2K.2H/c5-1-3-2(6)7-4-1;;;;/h(H2,3,4,5,6);;;;/q;2*+1;2*-1. The summed E-state index contributed by atoms with van der Waals surface area (Å²) in [4.78, 5) is 2.73. The molecular formula is C2H4K2N2S3. The van der Waals surface area contributed by atoms with Gasteiger partial charge in [-0.05, 0) is 36.0 Å². The number of aromatic amines is 2.